The van der Waals surface area contributed by atoms with Gasteiger partial charge < -0.3 is 15.0 Å². The predicted octanol–water partition coefficient (Wildman–Crippen LogP) is 2.51. The lowest BCUT2D eigenvalue weighted by Gasteiger charge is -2.26. The largest absolute Gasteiger partial charge is 0.393 e. The van der Waals surface area contributed by atoms with Gasteiger partial charge in [0.15, 0.2) is 0 Å². The molecule has 1 amide bonds. The first-order chi connectivity index (χ1) is 10.2. The van der Waals surface area contributed by atoms with E-state index in [9.17, 15) is 9.90 Å². The summed E-state index contributed by atoms with van der Waals surface area (Å²) in [4.78, 5) is 12.2. The molecule has 0 saturated heterocycles. The quantitative estimate of drug-likeness (QED) is 0.910. The average Bonchev–Trinajstić information content (AvgIpc) is 3.04. The summed E-state index contributed by atoms with van der Waals surface area (Å²) >= 11 is 0. The maximum Gasteiger partial charge on any atom is 0.251 e. The van der Waals surface area contributed by atoms with Crippen LogP contribution in [0.15, 0.2) is 48.8 Å². The number of amides is 1. The normalized spacial score (nSPS) is 22.0. The molecule has 0 unspecified atom stereocenters. The molecule has 0 spiro atoms. The van der Waals surface area contributed by atoms with E-state index < -0.39 is 0 Å². The highest BCUT2D eigenvalue weighted by Crippen LogP contribution is 2.19. The molecular weight excluding hydrogens is 264 g/mol. The third-order valence-electron chi connectivity index (χ3n) is 4.06. The second kappa shape index (κ2) is 6.14. The summed E-state index contributed by atoms with van der Waals surface area (Å²) in [6, 6.07) is 11.7. The van der Waals surface area contributed by atoms with Gasteiger partial charge in [-0.2, -0.15) is 0 Å². The third kappa shape index (κ3) is 3.34. The summed E-state index contributed by atoms with van der Waals surface area (Å²) in [7, 11) is 0. The van der Waals surface area contributed by atoms with E-state index in [4.69, 9.17) is 0 Å². The van der Waals surface area contributed by atoms with Crippen molar-refractivity contribution in [1.29, 1.82) is 0 Å². The van der Waals surface area contributed by atoms with Crippen LogP contribution in [-0.4, -0.2) is 27.7 Å². The minimum absolute atomic E-state index is 0.0320. The molecule has 1 aliphatic carbocycles. The minimum atomic E-state index is -0.195. The predicted molar refractivity (Wildman–Crippen MR) is 81.5 cm³/mol. The van der Waals surface area contributed by atoms with E-state index in [-0.39, 0.29) is 18.1 Å². The van der Waals surface area contributed by atoms with Crippen LogP contribution in [0.1, 0.15) is 36.0 Å². The Balaban J connectivity index is 1.62. The number of aliphatic hydroxyl groups is 1. The van der Waals surface area contributed by atoms with Gasteiger partial charge in [0.2, 0.25) is 0 Å². The van der Waals surface area contributed by atoms with E-state index in [1.54, 1.807) is 0 Å². The van der Waals surface area contributed by atoms with E-state index in [0.717, 1.165) is 31.4 Å². The van der Waals surface area contributed by atoms with Crippen LogP contribution in [0.5, 0.6) is 0 Å². The van der Waals surface area contributed by atoms with Crippen LogP contribution in [0.4, 0.5) is 0 Å². The Bertz CT molecular complexity index is 582. The van der Waals surface area contributed by atoms with E-state index >= 15 is 0 Å². The first-order valence-electron chi connectivity index (χ1n) is 7.45. The van der Waals surface area contributed by atoms with Crippen molar-refractivity contribution < 1.29 is 9.90 Å². The van der Waals surface area contributed by atoms with Gasteiger partial charge in [-0.05, 0) is 62.1 Å². The van der Waals surface area contributed by atoms with Crippen molar-refractivity contribution >= 4 is 5.91 Å². The van der Waals surface area contributed by atoms with Crippen LogP contribution in [0, 0.1) is 0 Å². The number of nitrogens with zero attached hydrogens (tertiary/aromatic N) is 1. The molecule has 1 aromatic heterocycles. The van der Waals surface area contributed by atoms with Gasteiger partial charge in [0.05, 0.1) is 6.10 Å². The van der Waals surface area contributed by atoms with Crippen molar-refractivity contribution in [3.8, 4) is 5.69 Å². The number of hydrogen-bond acceptors (Lipinski definition) is 2. The summed E-state index contributed by atoms with van der Waals surface area (Å²) in [6.07, 6.45) is 7.02. The highest BCUT2D eigenvalue weighted by molar-refractivity contribution is 5.94. The molecule has 21 heavy (non-hydrogen) atoms. The summed E-state index contributed by atoms with van der Waals surface area (Å²) in [5.74, 6) is -0.0320. The molecule has 1 heterocycles. The number of rotatable bonds is 3. The molecule has 1 saturated carbocycles. The lowest BCUT2D eigenvalue weighted by Crippen LogP contribution is -2.38. The van der Waals surface area contributed by atoms with E-state index in [1.165, 1.54) is 0 Å². The second-order valence-corrected chi connectivity index (χ2v) is 5.62. The standard InChI is InChI=1S/C17H20N2O2/c20-16-9-5-14(6-10-16)18-17(21)13-3-7-15(8-4-13)19-11-1-2-12-19/h1-4,7-8,11-12,14,16,20H,5-6,9-10H2,(H,18,21). The molecule has 4 nitrogen and oxygen atoms in total. The molecule has 4 heteroatoms. The summed E-state index contributed by atoms with van der Waals surface area (Å²) in [6.45, 7) is 0. The van der Waals surface area contributed by atoms with Gasteiger partial charge in [-0.3, -0.25) is 4.79 Å². The van der Waals surface area contributed by atoms with Crippen molar-refractivity contribution in [2.75, 3.05) is 0 Å². The van der Waals surface area contributed by atoms with Crippen molar-refractivity contribution in [2.24, 2.45) is 0 Å². The van der Waals surface area contributed by atoms with Gasteiger partial charge in [0, 0.05) is 29.7 Å². The SMILES string of the molecule is O=C(NC1CCC(O)CC1)c1ccc(-n2cccc2)cc1. The molecule has 110 valence electrons. The van der Waals surface area contributed by atoms with Crippen LogP contribution < -0.4 is 5.32 Å². The molecule has 3 rings (SSSR count). The molecule has 0 aliphatic heterocycles. The minimum Gasteiger partial charge on any atom is -0.393 e. The maximum absolute atomic E-state index is 12.2. The van der Waals surface area contributed by atoms with Gasteiger partial charge in [0.1, 0.15) is 0 Å². The van der Waals surface area contributed by atoms with Crippen LogP contribution >= 0.6 is 0 Å². The zero-order chi connectivity index (χ0) is 14.7. The summed E-state index contributed by atoms with van der Waals surface area (Å²) in [5, 5.41) is 12.5. The molecule has 0 radical (unpaired) electrons. The van der Waals surface area contributed by atoms with Crippen molar-refractivity contribution in [2.45, 2.75) is 37.8 Å². The zero-order valence-electron chi connectivity index (χ0n) is 11.9. The maximum atomic E-state index is 12.2. The smallest absolute Gasteiger partial charge is 0.251 e. The molecule has 1 aromatic carbocycles. The highest BCUT2D eigenvalue weighted by atomic mass is 16.3. The Kier molecular flexibility index (Phi) is 4.06. The number of carbonyl (C=O) groups excluding carboxylic acids is 1. The number of aromatic nitrogens is 1. The summed E-state index contributed by atoms with van der Waals surface area (Å²) in [5.41, 5.74) is 1.72. The highest BCUT2D eigenvalue weighted by Gasteiger charge is 2.21. The van der Waals surface area contributed by atoms with Crippen molar-refractivity contribution in [1.82, 2.24) is 9.88 Å². The first kappa shape index (κ1) is 13.9. The number of hydrogen-bond donors (Lipinski definition) is 2. The molecule has 0 atom stereocenters. The fourth-order valence-electron chi connectivity index (χ4n) is 2.78. The number of nitrogens with one attached hydrogen (secondary N) is 1. The third-order valence-corrected chi connectivity index (χ3v) is 4.06. The Morgan fingerprint density at radius 3 is 2.29 bits per heavy atom. The van der Waals surface area contributed by atoms with Crippen LogP contribution in [-0.2, 0) is 0 Å². The van der Waals surface area contributed by atoms with Gasteiger partial charge in [-0.15, -0.1) is 0 Å². The molecule has 1 fully saturated rings. The van der Waals surface area contributed by atoms with Crippen LogP contribution in [0.25, 0.3) is 5.69 Å². The Morgan fingerprint density at radius 1 is 1.05 bits per heavy atom. The molecule has 0 bridgehead atoms. The molecular formula is C17H20N2O2. The number of benzene rings is 1. The fraction of sp³-hybridized carbons (Fsp3) is 0.353. The van der Waals surface area contributed by atoms with E-state index in [2.05, 4.69) is 5.32 Å². The van der Waals surface area contributed by atoms with E-state index in [0.29, 0.717) is 5.56 Å². The lowest BCUT2D eigenvalue weighted by atomic mass is 9.93. The van der Waals surface area contributed by atoms with Crippen LogP contribution in [0.3, 0.4) is 0 Å². The van der Waals surface area contributed by atoms with Gasteiger partial charge in [-0.25, -0.2) is 0 Å². The lowest BCUT2D eigenvalue weighted by molar-refractivity contribution is 0.0867. The van der Waals surface area contributed by atoms with E-state index in [1.807, 2.05) is 53.4 Å². The molecule has 2 N–H and O–H groups in total. The van der Waals surface area contributed by atoms with Crippen molar-refractivity contribution in [3.05, 3.63) is 54.4 Å². The number of aliphatic hydroxyl groups excluding tert-OH is 1. The number of carbonyl (C=O) groups is 1. The monoisotopic (exact) mass is 284 g/mol. The zero-order valence-corrected chi connectivity index (χ0v) is 11.9. The summed E-state index contributed by atoms with van der Waals surface area (Å²) < 4.78 is 2.00. The Morgan fingerprint density at radius 2 is 1.67 bits per heavy atom. The van der Waals surface area contributed by atoms with Crippen LogP contribution in [0.2, 0.25) is 0 Å². The van der Waals surface area contributed by atoms with Gasteiger partial charge in [0.25, 0.3) is 5.91 Å². The van der Waals surface area contributed by atoms with Gasteiger partial charge >= 0.3 is 0 Å². The Labute approximate surface area is 124 Å². The second-order valence-electron chi connectivity index (χ2n) is 5.62. The van der Waals surface area contributed by atoms with Crippen molar-refractivity contribution in [3.63, 3.8) is 0 Å². The molecule has 2 aromatic rings. The fourth-order valence-corrected chi connectivity index (χ4v) is 2.78. The average molecular weight is 284 g/mol. The van der Waals surface area contributed by atoms with Gasteiger partial charge in [-0.1, -0.05) is 0 Å². The Hall–Kier alpha value is -2.07. The topological polar surface area (TPSA) is 54.3 Å². The molecule has 1 aliphatic rings. The first-order valence-corrected chi connectivity index (χ1v) is 7.45.